The highest BCUT2D eigenvalue weighted by atomic mass is 16.1. The van der Waals surface area contributed by atoms with Crippen LogP contribution in [0.5, 0.6) is 0 Å². The molecule has 0 N–H and O–H groups in total. The van der Waals surface area contributed by atoms with Crippen LogP contribution in [-0.4, -0.2) is 18.9 Å². The first-order valence-corrected chi connectivity index (χ1v) is 6.52. The number of piperidine rings is 1. The lowest BCUT2D eigenvalue weighted by Crippen LogP contribution is -2.43. The van der Waals surface area contributed by atoms with Crippen molar-refractivity contribution in [3.63, 3.8) is 0 Å². The number of benzene rings is 1. The zero-order chi connectivity index (χ0) is 12.1. The van der Waals surface area contributed by atoms with E-state index in [1.165, 1.54) is 5.56 Å². The van der Waals surface area contributed by atoms with Crippen molar-refractivity contribution in [3.8, 4) is 0 Å². The van der Waals surface area contributed by atoms with E-state index in [1.54, 1.807) is 0 Å². The Morgan fingerprint density at radius 2 is 1.88 bits per heavy atom. The van der Waals surface area contributed by atoms with Crippen LogP contribution in [0.4, 0.5) is 0 Å². The number of nitrogens with zero attached hydrogens (tertiary/aromatic N) is 1. The molecule has 17 heavy (non-hydrogen) atoms. The smallest absolute Gasteiger partial charge is 0.143 e. The highest BCUT2D eigenvalue weighted by molar-refractivity contribution is 5.90. The van der Waals surface area contributed by atoms with Crippen molar-refractivity contribution >= 4 is 5.78 Å². The van der Waals surface area contributed by atoms with Crippen LogP contribution in [0.3, 0.4) is 0 Å². The fourth-order valence-corrected chi connectivity index (χ4v) is 2.73. The lowest BCUT2D eigenvalue weighted by Gasteiger charge is -2.36. The van der Waals surface area contributed by atoms with E-state index in [0.717, 1.165) is 32.4 Å². The van der Waals surface area contributed by atoms with Crippen LogP contribution >= 0.6 is 0 Å². The van der Waals surface area contributed by atoms with Gasteiger partial charge in [0.15, 0.2) is 0 Å². The summed E-state index contributed by atoms with van der Waals surface area (Å²) in [6.07, 6.45) is 3.39. The van der Waals surface area contributed by atoms with E-state index >= 15 is 0 Å². The van der Waals surface area contributed by atoms with Gasteiger partial charge < -0.3 is 0 Å². The van der Waals surface area contributed by atoms with Gasteiger partial charge in [-0.15, -0.1) is 0 Å². The average molecular weight is 230 g/mol. The summed E-state index contributed by atoms with van der Waals surface area (Å²) in [4.78, 5) is 12.5. The summed E-state index contributed by atoms with van der Waals surface area (Å²) in [6.45, 7) is 3.72. The van der Waals surface area contributed by atoms with Crippen molar-refractivity contribution in [1.82, 2.24) is 5.32 Å². The highest BCUT2D eigenvalue weighted by Gasteiger charge is 2.40. The first kappa shape index (κ1) is 12.3. The van der Waals surface area contributed by atoms with Gasteiger partial charge in [-0.1, -0.05) is 37.3 Å². The molecule has 0 atom stereocenters. The fourth-order valence-electron chi connectivity index (χ4n) is 2.73. The fraction of sp³-hybridized carbons (Fsp3) is 0.533. The molecule has 0 aromatic heterocycles. The van der Waals surface area contributed by atoms with Gasteiger partial charge in [0.2, 0.25) is 0 Å². The van der Waals surface area contributed by atoms with E-state index in [4.69, 9.17) is 0 Å². The predicted octanol–water partition coefficient (Wildman–Crippen LogP) is 2.69. The average Bonchev–Trinajstić information content (AvgIpc) is 2.41. The molecule has 1 aliphatic rings. The van der Waals surface area contributed by atoms with Crippen LogP contribution in [0.15, 0.2) is 30.3 Å². The number of carbonyl (C=O) groups is 1. The molecule has 91 valence electrons. The Bertz CT molecular complexity index is 366. The topological polar surface area (TPSA) is 31.2 Å². The van der Waals surface area contributed by atoms with Crippen LogP contribution in [0.25, 0.3) is 0 Å². The predicted molar refractivity (Wildman–Crippen MR) is 69.1 cm³/mol. The molecule has 0 saturated carbocycles. The molecule has 0 amide bonds. The SMILES string of the molecule is CCCC(=O)C1(c2ccccc2)CC[N]CC1. The Kier molecular flexibility index (Phi) is 3.95. The quantitative estimate of drug-likeness (QED) is 0.782. The minimum Gasteiger partial charge on any atom is -0.299 e. The van der Waals surface area contributed by atoms with E-state index in [9.17, 15) is 4.79 Å². The number of rotatable bonds is 4. The summed E-state index contributed by atoms with van der Waals surface area (Å²) in [6, 6.07) is 10.3. The standard InChI is InChI=1S/C15H20NO/c1-2-6-14(17)15(9-11-16-12-10-15)13-7-4-3-5-8-13/h3-5,7-8H,2,6,9-12H2,1H3. The lowest BCUT2D eigenvalue weighted by atomic mass is 9.69. The number of hydrogen-bond acceptors (Lipinski definition) is 1. The minimum absolute atomic E-state index is 0.251. The van der Waals surface area contributed by atoms with E-state index in [1.807, 2.05) is 18.2 Å². The molecule has 0 aliphatic carbocycles. The number of ketones is 1. The molecule has 0 spiro atoms. The van der Waals surface area contributed by atoms with Crippen molar-refractivity contribution in [2.75, 3.05) is 13.1 Å². The second-order valence-corrected chi connectivity index (χ2v) is 4.79. The van der Waals surface area contributed by atoms with E-state index < -0.39 is 0 Å². The Morgan fingerprint density at radius 1 is 1.24 bits per heavy atom. The van der Waals surface area contributed by atoms with Crippen molar-refractivity contribution in [2.45, 2.75) is 38.0 Å². The zero-order valence-electron chi connectivity index (χ0n) is 10.5. The van der Waals surface area contributed by atoms with Gasteiger partial charge in [0, 0.05) is 19.5 Å². The number of carbonyl (C=O) groups excluding carboxylic acids is 1. The monoisotopic (exact) mass is 230 g/mol. The maximum Gasteiger partial charge on any atom is 0.143 e. The Hall–Kier alpha value is -1.15. The van der Waals surface area contributed by atoms with Gasteiger partial charge in [-0.25, -0.2) is 5.32 Å². The van der Waals surface area contributed by atoms with Gasteiger partial charge in [0.05, 0.1) is 5.41 Å². The molecule has 1 aromatic rings. The molecule has 1 saturated heterocycles. The Balaban J connectivity index is 2.33. The third-order valence-electron chi connectivity index (χ3n) is 3.73. The minimum atomic E-state index is -0.251. The molecule has 2 nitrogen and oxygen atoms in total. The summed E-state index contributed by atoms with van der Waals surface area (Å²) in [5.41, 5.74) is 0.937. The van der Waals surface area contributed by atoms with Crippen LogP contribution in [0.1, 0.15) is 38.2 Å². The third kappa shape index (κ3) is 2.42. The number of hydrogen-bond donors (Lipinski definition) is 0. The Morgan fingerprint density at radius 3 is 2.47 bits per heavy atom. The molecule has 2 heteroatoms. The molecule has 0 unspecified atom stereocenters. The molecule has 2 rings (SSSR count). The van der Waals surface area contributed by atoms with Crippen molar-refractivity contribution in [3.05, 3.63) is 35.9 Å². The maximum atomic E-state index is 12.5. The van der Waals surface area contributed by atoms with Crippen molar-refractivity contribution in [2.24, 2.45) is 0 Å². The second kappa shape index (κ2) is 5.46. The summed E-state index contributed by atoms with van der Waals surface area (Å²) >= 11 is 0. The van der Waals surface area contributed by atoms with Gasteiger partial charge in [-0.2, -0.15) is 0 Å². The zero-order valence-corrected chi connectivity index (χ0v) is 10.5. The van der Waals surface area contributed by atoms with Crippen molar-refractivity contribution in [1.29, 1.82) is 0 Å². The summed E-state index contributed by atoms with van der Waals surface area (Å²) in [5, 5.41) is 4.39. The van der Waals surface area contributed by atoms with Gasteiger partial charge in [0.25, 0.3) is 0 Å². The molecular weight excluding hydrogens is 210 g/mol. The van der Waals surface area contributed by atoms with Gasteiger partial charge in [0.1, 0.15) is 5.78 Å². The molecule has 1 fully saturated rings. The maximum absolute atomic E-state index is 12.5. The molecule has 1 aliphatic heterocycles. The van der Waals surface area contributed by atoms with Crippen molar-refractivity contribution < 1.29 is 4.79 Å². The van der Waals surface area contributed by atoms with E-state index in [-0.39, 0.29) is 5.41 Å². The van der Waals surface area contributed by atoms with Gasteiger partial charge in [-0.3, -0.25) is 4.79 Å². The van der Waals surface area contributed by atoms with E-state index in [0.29, 0.717) is 12.2 Å². The highest BCUT2D eigenvalue weighted by Crippen LogP contribution is 2.36. The largest absolute Gasteiger partial charge is 0.299 e. The van der Waals surface area contributed by atoms with Crippen LogP contribution in [-0.2, 0) is 10.2 Å². The van der Waals surface area contributed by atoms with Crippen LogP contribution in [0, 0.1) is 0 Å². The normalized spacial score (nSPS) is 18.9. The first-order chi connectivity index (χ1) is 8.29. The summed E-state index contributed by atoms with van der Waals surface area (Å²) in [7, 11) is 0. The molecule has 1 aromatic carbocycles. The first-order valence-electron chi connectivity index (χ1n) is 6.52. The summed E-state index contributed by atoms with van der Waals surface area (Å²) < 4.78 is 0. The van der Waals surface area contributed by atoms with Crippen LogP contribution < -0.4 is 5.32 Å². The molecule has 1 heterocycles. The Labute approximate surface area is 103 Å². The molecule has 0 bridgehead atoms. The lowest BCUT2D eigenvalue weighted by molar-refractivity contribution is -0.125. The molecular formula is C15H20NO. The second-order valence-electron chi connectivity index (χ2n) is 4.79. The number of Topliss-reactive ketones (excluding diaryl/α,β-unsaturated/α-hetero) is 1. The van der Waals surface area contributed by atoms with E-state index in [2.05, 4.69) is 24.4 Å². The van der Waals surface area contributed by atoms with Crippen LogP contribution in [0.2, 0.25) is 0 Å². The van der Waals surface area contributed by atoms with Gasteiger partial charge >= 0.3 is 0 Å². The molecule has 1 radical (unpaired) electrons. The summed E-state index contributed by atoms with van der Waals surface area (Å²) in [5.74, 6) is 0.404. The van der Waals surface area contributed by atoms with Gasteiger partial charge in [-0.05, 0) is 24.8 Å². The third-order valence-corrected chi connectivity index (χ3v) is 3.73.